The molecule has 0 aliphatic heterocycles. The fourth-order valence-corrected chi connectivity index (χ4v) is 5.41. The molecule has 4 bridgehead atoms. The number of rotatable bonds is 6. The molecule has 0 radical (unpaired) electrons. The topological polar surface area (TPSA) is 74.8 Å². The molecule has 3 N–H and O–H groups in total. The molecule has 4 aliphatic rings. The van der Waals surface area contributed by atoms with Crippen LogP contribution in [0.3, 0.4) is 0 Å². The lowest BCUT2D eigenvalue weighted by atomic mass is 9.53. The van der Waals surface area contributed by atoms with Crippen molar-refractivity contribution in [3.63, 3.8) is 0 Å². The Labute approximate surface area is 138 Å². The third-order valence-electron chi connectivity index (χ3n) is 5.72. The van der Waals surface area contributed by atoms with Crippen molar-refractivity contribution in [2.75, 3.05) is 29.0 Å². The van der Waals surface area contributed by atoms with Gasteiger partial charge in [0.1, 0.15) is 0 Å². The Morgan fingerprint density at radius 2 is 1.22 bits per heavy atom. The Hall–Kier alpha value is -1.59. The molecule has 0 saturated heterocycles. The maximum atomic E-state index is 4.60. The van der Waals surface area contributed by atoms with Crippen molar-refractivity contribution in [1.29, 1.82) is 0 Å². The summed E-state index contributed by atoms with van der Waals surface area (Å²) < 4.78 is 0. The van der Waals surface area contributed by atoms with Crippen molar-refractivity contribution in [2.24, 2.45) is 17.8 Å². The summed E-state index contributed by atoms with van der Waals surface area (Å²) in [6.45, 7) is 5.74. The van der Waals surface area contributed by atoms with Crippen molar-refractivity contribution in [1.82, 2.24) is 15.0 Å². The first-order valence-electron chi connectivity index (χ1n) is 9.20. The zero-order chi connectivity index (χ0) is 15.9. The standard InChI is InChI=1S/C17H28N6/c1-3-18-14-20-15(19-4-2)22-16(21-14)23-17-8-11-5-12(9-17)7-13(6-11)10-17/h11-13H,3-10H2,1-2H3,(H3,18,19,20,21,22,23). The Balaban J connectivity index is 1.58. The number of aromatic nitrogens is 3. The molecule has 5 rings (SSSR count). The first kappa shape index (κ1) is 15.0. The fraction of sp³-hybridized carbons (Fsp3) is 0.824. The fourth-order valence-electron chi connectivity index (χ4n) is 5.41. The number of nitrogens with zero attached hydrogens (tertiary/aromatic N) is 3. The predicted molar refractivity (Wildman–Crippen MR) is 92.7 cm³/mol. The van der Waals surface area contributed by atoms with Crippen molar-refractivity contribution in [3.8, 4) is 0 Å². The van der Waals surface area contributed by atoms with Gasteiger partial charge >= 0.3 is 0 Å². The van der Waals surface area contributed by atoms with E-state index in [1.165, 1.54) is 38.5 Å². The number of anilines is 3. The summed E-state index contributed by atoms with van der Waals surface area (Å²) in [6, 6.07) is 0. The predicted octanol–water partition coefficient (Wildman–Crippen LogP) is 3.12. The van der Waals surface area contributed by atoms with Crippen LogP contribution in [0.1, 0.15) is 52.4 Å². The van der Waals surface area contributed by atoms with Gasteiger partial charge in [0.15, 0.2) is 0 Å². The SMILES string of the molecule is CCNc1nc(NCC)nc(NC23CC4CC(CC(C4)C2)C3)n1. The van der Waals surface area contributed by atoms with Crippen LogP contribution in [0.4, 0.5) is 17.8 Å². The zero-order valence-electron chi connectivity index (χ0n) is 14.2. The zero-order valence-corrected chi connectivity index (χ0v) is 14.2. The second kappa shape index (κ2) is 5.80. The van der Waals surface area contributed by atoms with Gasteiger partial charge < -0.3 is 16.0 Å². The molecule has 126 valence electrons. The summed E-state index contributed by atoms with van der Waals surface area (Å²) in [4.78, 5) is 13.6. The van der Waals surface area contributed by atoms with E-state index in [1.807, 2.05) is 0 Å². The maximum Gasteiger partial charge on any atom is 0.229 e. The lowest BCUT2D eigenvalue weighted by Crippen LogP contribution is -2.55. The van der Waals surface area contributed by atoms with Crippen molar-refractivity contribution < 1.29 is 0 Å². The van der Waals surface area contributed by atoms with E-state index in [2.05, 4.69) is 44.7 Å². The van der Waals surface area contributed by atoms with Crippen LogP contribution in [0, 0.1) is 17.8 Å². The highest BCUT2D eigenvalue weighted by molar-refractivity contribution is 5.44. The average Bonchev–Trinajstić information content (AvgIpc) is 2.45. The molecule has 0 amide bonds. The smallest absolute Gasteiger partial charge is 0.229 e. The quantitative estimate of drug-likeness (QED) is 0.749. The summed E-state index contributed by atoms with van der Waals surface area (Å²) >= 11 is 0. The van der Waals surface area contributed by atoms with Gasteiger partial charge in [0.25, 0.3) is 0 Å². The van der Waals surface area contributed by atoms with Gasteiger partial charge in [-0.3, -0.25) is 0 Å². The third kappa shape index (κ3) is 2.95. The molecule has 1 aromatic heterocycles. The summed E-state index contributed by atoms with van der Waals surface area (Å²) in [5, 5.41) is 10.2. The van der Waals surface area contributed by atoms with E-state index in [-0.39, 0.29) is 5.54 Å². The van der Waals surface area contributed by atoms with Crippen LogP contribution in [-0.2, 0) is 0 Å². The van der Waals surface area contributed by atoms with E-state index in [0.29, 0.717) is 11.9 Å². The Morgan fingerprint density at radius 1 is 0.783 bits per heavy atom. The summed E-state index contributed by atoms with van der Waals surface area (Å²) in [5.41, 5.74) is 0.225. The van der Waals surface area contributed by atoms with Crippen LogP contribution >= 0.6 is 0 Å². The minimum atomic E-state index is 0.225. The Bertz CT molecular complexity index is 513. The maximum absolute atomic E-state index is 4.60. The molecular formula is C17H28N6. The van der Waals surface area contributed by atoms with E-state index in [9.17, 15) is 0 Å². The second-order valence-electron chi connectivity index (χ2n) is 7.69. The molecule has 0 unspecified atom stereocenters. The van der Waals surface area contributed by atoms with Crippen molar-refractivity contribution in [2.45, 2.75) is 57.9 Å². The first-order chi connectivity index (χ1) is 11.2. The van der Waals surface area contributed by atoms with Gasteiger partial charge in [0, 0.05) is 18.6 Å². The van der Waals surface area contributed by atoms with E-state index in [0.717, 1.165) is 36.8 Å². The highest BCUT2D eigenvalue weighted by Gasteiger charge is 2.51. The van der Waals surface area contributed by atoms with Gasteiger partial charge in [-0.15, -0.1) is 0 Å². The Morgan fingerprint density at radius 3 is 1.65 bits per heavy atom. The Kier molecular flexibility index (Phi) is 3.77. The van der Waals surface area contributed by atoms with Gasteiger partial charge in [-0.2, -0.15) is 15.0 Å². The third-order valence-corrected chi connectivity index (χ3v) is 5.72. The molecule has 4 fully saturated rings. The van der Waals surface area contributed by atoms with Gasteiger partial charge in [0.2, 0.25) is 17.8 Å². The van der Waals surface area contributed by atoms with Gasteiger partial charge in [0.05, 0.1) is 0 Å². The van der Waals surface area contributed by atoms with Gasteiger partial charge in [-0.1, -0.05) is 0 Å². The minimum absolute atomic E-state index is 0.225. The van der Waals surface area contributed by atoms with E-state index < -0.39 is 0 Å². The lowest BCUT2D eigenvalue weighted by Gasteiger charge is -2.56. The largest absolute Gasteiger partial charge is 0.354 e. The summed E-state index contributed by atoms with van der Waals surface area (Å²) in [6.07, 6.45) is 8.21. The minimum Gasteiger partial charge on any atom is -0.354 e. The summed E-state index contributed by atoms with van der Waals surface area (Å²) in [5.74, 6) is 4.79. The molecule has 4 saturated carbocycles. The average molecular weight is 316 g/mol. The molecule has 23 heavy (non-hydrogen) atoms. The van der Waals surface area contributed by atoms with E-state index >= 15 is 0 Å². The van der Waals surface area contributed by atoms with Crippen molar-refractivity contribution >= 4 is 17.8 Å². The highest BCUT2D eigenvalue weighted by atomic mass is 15.3. The number of nitrogens with one attached hydrogen (secondary N) is 3. The molecule has 6 nitrogen and oxygen atoms in total. The second-order valence-corrected chi connectivity index (χ2v) is 7.69. The lowest BCUT2D eigenvalue weighted by molar-refractivity contribution is 0.0104. The van der Waals surface area contributed by atoms with Crippen LogP contribution in [0.15, 0.2) is 0 Å². The molecule has 0 spiro atoms. The monoisotopic (exact) mass is 316 g/mol. The van der Waals surface area contributed by atoms with Crippen LogP contribution in [0.5, 0.6) is 0 Å². The number of hydrogen-bond acceptors (Lipinski definition) is 6. The summed E-state index contributed by atoms with van der Waals surface area (Å²) in [7, 11) is 0. The van der Waals surface area contributed by atoms with Gasteiger partial charge in [-0.05, 0) is 70.1 Å². The van der Waals surface area contributed by atoms with Crippen LogP contribution in [-0.4, -0.2) is 33.6 Å². The molecule has 0 atom stereocenters. The van der Waals surface area contributed by atoms with Gasteiger partial charge in [-0.25, -0.2) is 0 Å². The molecule has 4 aliphatic carbocycles. The molecular weight excluding hydrogens is 288 g/mol. The van der Waals surface area contributed by atoms with Crippen LogP contribution < -0.4 is 16.0 Å². The number of hydrogen-bond donors (Lipinski definition) is 3. The molecule has 1 heterocycles. The molecule has 1 aromatic rings. The highest BCUT2D eigenvalue weighted by Crippen LogP contribution is 2.56. The van der Waals surface area contributed by atoms with Crippen LogP contribution in [0.2, 0.25) is 0 Å². The molecule has 0 aromatic carbocycles. The van der Waals surface area contributed by atoms with E-state index in [4.69, 9.17) is 0 Å². The van der Waals surface area contributed by atoms with Crippen molar-refractivity contribution in [3.05, 3.63) is 0 Å². The normalized spacial score (nSPS) is 34.4. The van der Waals surface area contributed by atoms with E-state index in [1.54, 1.807) is 0 Å². The first-order valence-corrected chi connectivity index (χ1v) is 9.20. The van der Waals surface area contributed by atoms with Crippen LogP contribution in [0.25, 0.3) is 0 Å². The molecule has 6 heteroatoms.